The van der Waals surface area contributed by atoms with Crippen molar-refractivity contribution in [2.75, 3.05) is 0 Å². The van der Waals surface area contributed by atoms with Gasteiger partial charge in [0.15, 0.2) is 5.78 Å². The van der Waals surface area contributed by atoms with Crippen molar-refractivity contribution in [2.45, 2.75) is 29.7 Å². The van der Waals surface area contributed by atoms with Gasteiger partial charge in [0.05, 0.1) is 11.3 Å². The Kier molecular flexibility index (Phi) is 4.58. The van der Waals surface area contributed by atoms with Crippen LogP contribution in [0.4, 0.5) is 0 Å². The van der Waals surface area contributed by atoms with Crippen molar-refractivity contribution in [1.82, 2.24) is 19.6 Å². The number of rotatable bonds is 4. The highest BCUT2D eigenvalue weighted by molar-refractivity contribution is 7.98. The molecule has 7 heteroatoms. The summed E-state index contributed by atoms with van der Waals surface area (Å²) in [4.78, 5) is 23.4. The third kappa shape index (κ3) is 3.43. The maximum Gasteiger partial charge on any atom is 0.253 e. The van der Waals surface area contributed by atoms with E-state index in [1.165, 1.54) is 21.2 Å². The van der Waals surface area contributed by atoms with E-state index in [-0.39, 0.29) is 11.7 Å². The molecule has 0 N–H and O–H groups in total. The molecular weight excluding hydrogens is 424 g/mol. The molecule has 0 amide bonds. The highest BCUT2D eigenvalue weighted by Gasteiger charge is 2.29. The van der Waals surface area contributed by atoms with E-state index in [0.717, 1.165) is 17.9 Å². The lowest BCUT2D eigenvalue weighted by Gasteiger charge is -2.21. The minimum Gasteiger partial charge on any atom is -0.294 e. The Morgan fingerprint density at radius 2 is 1.94 bits per heavy atom. The molecule has 0 saturated heterocycles. The summed E-state index contributed by atoms with van der Waals surface area (Å²) in [6, 6.07) is 18.9. The van der Waals surface area contributed by atoms with E-state index in [2.05, 4.69) is 64.0 Å². The SMILES string of the molecule is O=C1C[C@@H](c2cccs2)Cc2nc3nc(SCc4cccc5ccccc45)nn3cc21. The van der Waals surface area contributed by atoms with Gasteiger partial charge in [0, 0.05) is 29.2 Å². The number of hydrogen-bond donors (Lipinski definition) is 0. The van der Waals surface area contributed by atoms with Crippen LogP contribution < -0.4 is 0 Å². The zero-order valence-corrected chi connectivity index (χ0v) is 18.2. The van der Waals surface area contributed by atoms with E-state index in [9.17, 15) is 4.79 Å². The second-order valence-electron chi connectivity index (χ2n) is 7.71. The number of thioether (sulfide) groups is 1. The largest absolute Gasteiger partial charge is 0.294 e. The lowest BCUT2D eigenvalue weighted by molar-refractivity contribution is 0.0963. The summed E-state index contributed by atoms with van der Waals surface area (Å²) in [5, 5.41) is 9.79. The fourth-order valence-corrected chi connectivity index (χ4v) is 5.87. The zero-order valence-electron chi connectivity index (χ0n) is 16.6. The number of ketones is 1. The first-order valence-electron chi connectivity index (χ1n) is 10.2. The highest BCUT2D eigenvalue weighted by atomic mass is 32.2. The Labute approximate surface area is 187 Å². The zero-order chi connectivity index (χ0) is 20.8. The lowest BCUT2D eigenvalue weighted by Crippen LogP contribution is -2.20. The van der Waals surface area contributed by atoms with Crippen molar-refractivity contribution in [3.8, 4) is 0 Å². The van der Waals surface area contributed by atoms with Crippen molar-refractivity contribution < 1.29 is 4.79 Å². The Bertz CT molecular complexity index is 1420. The van der Waals surface area contributed by atoms with Crippen molar-refractivity contribution in [3.05, 3.63) is 87.9 Å². The molecule has 152 valence electrons. The van der Waals surface area contributed by atoms with E-state index in [1.54, 1.807) is 33.8 Å². The summed E-state index contributed by atoms with van der Waals surface area (Å²) in [7, 11) is 0. The normalized spacial score (nSPS) is 16.1. The predicted octanol–water partition coefficient (Wildman–Crippen LogP) is 5.54. The number of carbonyl (C=O) groups is 1. The molecular formula is C24H18N4OS2. The number of thiophene rings is 1. The van der Waals surface area contributed by atoms with Gasteiger partial charge in [0.1, 0.15) is 0 Å². The second-order valence-corrected chi connectivity index (χ2v) is 9.63. The van der Waals surface area contributed by atoms with Crippen LogP contribution in [0.25, 0.3) is 16.6 Å². The maximum absolute atomic E-state index is 12.8. The molecule has 0 unspecified atom stereocenters. The molecule has 0 bridgehead atoms. The molecule has 3 aromatic heterocycles. The van der Waals surface area contributed by atoms with Crippen LogP contribution in [0, 0.1) is 0 Å². The third-order valence-corrected chi connectivity index (χ3v) is 7.67. The van der Waals surface area contributed by atoms with Gasteiger partial charge in [0.25, 0.3) is 5.78 Å². The smallest absolute Gasteiger partial charge is 0.253 e. The van der Waals surface area contributed by atoms with Crippen molar-refractivity contribution in [1.29, 1.82) is 0 Å². The van der Waals surface area contributed by atoms with E-state index < -0.39 is 0 Å². The Morgan fingerprint density at radius 3 is 2.84 bits per heavy atom. The highest BCUT2D eigenvalue weighted by Crippen LogP contribution is 2.34. The van der Waals surface area contributed by atoms with Gasteiger partial charge in [-0.2, -0.15) is 4.98 Å². The number of hydrogen-bond acceptors (Lipinski definition) is 6. The van der Waals surface area contributed by atoms with Gasteiger partial charge in [-0.05, 0) is 34.2 Å². The summed E-state index contributed by atoms with van der Waals surface area (Å²) < 4.78 is 1.65. The van der Waals surface area contributed by atoms with Gasteiger partial charge < -0.3 is 0 Å². The maximum atomic E-state index is 12.8. The van der Waals surface area contributed by atoms with E-state index >= 15 is 0 Å². The van der Waals surface area contributed by atoms with Crippen LogP contribution in [0.2, 0.25) is 0 Å². The fraction of sp³-hybridized carbons (Fsp3) is 0.167. The van der Waals surface area contributed by atoms with E-state index in [1.807, 2.05) is 6.07 Å². The minimum atomic E-state index is 0.134. The molecule has 0 spiro atoms. The quantitative estimate of drug-likeness (QED) is 0.342. The number of carbonyl (C=O) groups excluding carboxylic acids is 1. The summed E-state index contributed by atoms with van der Waals surface area (Å²) in [5.74, 6) is 1.67. The van der Waals surface area contributed by atoms with Crippen LogP contribution in [-0.4, -0.2) is 25.4 Å². The molecule has 0 radical (unpaired) electrons. The van der Waals surface area contributed by atoms with Crippen LogP contribution >= 0.6 is 23.1 Å². The molecule has 5 aromatic rings. The summed E-state index contributed by atoms with van der Waals surface area (Å²) in [6.45, 7) is 0. The monoisotopic (exact) mass is 442 g/mol. The fourth-order valence-electron chi connectivity index (χ4n) is 4.21. The second kappa shape index (κ2) is 7.59. The number of aromatic nitrogens is 4. The van der Waals surface area contributed by atoms with E-state index in [4.69, 9.17) is 4.98 Å². The molecule has 3 heterocycles. The van der Waals surface area contributed by atoms with Crippen molar-refractivity contribution in [3.63, 3.8) is 0 Å². The Hall–Kier alpha value is -3.03. The average molecular weight is 443 g/mol. The van der Waals surface area contributed by atoms with Gasteiger partial charge in [0.2, 0.25) is 5.16 Å². The Balaban J connectivity index is 1.28. The number of benzene rings is 2. The molecule has 0 aliphatic heterocycles. The summed E-state index contributed by atoms with van der Waals surface area (Å²) in [6.07, 6.45) is 3.10. The molecule has 31 heavy (non-hydrogen) atoms. The summed E-state index contributed by atoms with van der Waals surface area (Å²) in [5.41, 5.74) is 2.76. The van der Waals surface area contributed by atoms with Crippen LogP contribution in [0.5, 0.6) is 0 Å². The molecule has 2 aromatic carbocycles. The molecule has 5 nitrogen and oxygen atoms in total. The van der Waals surface area contributed by atoms with Gasteiger partial charge >= 0.3 is 0 Å². The van der Waals surface area contributed by atoms with Gasteiger partial charge in [-0.3, -0.25) is 4.79 Å². The predicted molar refractivity (Wildman–Crippen MR) is 124 cm³/mol. The van der Waals surface area contributed by atoms with Crippen LogP contribution in [0.3, 0.4) is 0 Å². The van der Waals surface area contributed by atoms with Gasteiger partial charge in [-0.15, -0.1) is 16.4 Å². The Morgan fingerprint density at radius 1 is 1.03 bits per heavy atom. The number of nitrogens with zero attached hydrogens (tertiary/aromatic N) is 4. The molecule has 1 aliphatic carbocycles. The minimum absolute atomic E-state index is 0.134. The first-order valence-corrected chi connectivity index (χ1v) is 12.0. The lowest BCUT2D eigenvalue weighted by atomic mass is 9.86. The van der Waals surface area contributed by atoms with Crippen LogP contribution in [-0.2, 0) is 12.2 Å². The van der Waals surface area contributed by atoms with E-state index in [0.29, 0.717) is 22.9 Å². The number of fused-ring (bicyclic) bond motifs is 3. The number of Topliss-reactive ketones (excluding diaryl/α,β-unsaturated/α-hetero) is 1. The van der Waals surface area contributed by atoms with Gasteiger partial charge in [-0.1, -0.05) is 60.3 Å². The molecule has 1 aliphatic rings. The van der Waals surface area contributed by atoms with Gasteiger partial charge in [-0.25, -0.2) is 9.50 Å². The molecule has 0 fully saturated rings. The molecule has 0 saturated carbocycles. The standard InChI is InChI=1S/C24H18N4OS2/c29-21-12-17(22-9-4-10-30-22)11-20-19(21)13-28-23(25-20)26-24(27-28)31-14-16-7-3-6-15-5-1-2-8-18(15)16/h1-10,13,17H,11-12,14H2/t17-/m0/s1. The summed E-state index contributed by atoms with van der Waals surface area (Å²) >= 11 is 3.29. The average Bonchev–Trinajstić information content (AvgIpc) is 3.46. The third-order valence-electron chi connectivity index (χ3n) is 5.75. The topological polar surface area (TPSA) is 60.2 Å². The van der Waals surface area contributed by atoms with Crippen LogP contribution in [0.1, 0.15) is 38.8 Å². The van der Waals surface area contributed by atoms with Crippen molar-refractivity contribution in [2.24, 2.45) is 0 Å². The molecule has 1 atom stereocenters. The first kappa shape index (κ1) is 18.7. The van der Waals surface area contributed by atoms with Crippen LogP contribution in [0.15, 0.2) is 71.3 Å². The molecule has 6 rings (SSSR count). The van der Waals surface area contributed by atoms with Crippen molar-refractivity contribution >= 4 is 45.4 Å². The first-order chi connectivity index (χ1) is 15.2.